The fraction of sp³-hybridized carbons (Fsp3) is 0.233. The van der Waals surface area contributed by atoms with Gasteiger partial charge in [0.1, 0.15) is 17.3 Å². The molecule has 5 N–H and O–H groups in total. The summed E-state index contributed by atoms with van der Waals surface area (Å²) in [6.07, 6.45) is 3.72. The largest absolute Gasteiger partial charge is 0.495 e. The molecule has 5 aromatic rings. The lowest BCUT2D eigenvalue weighted by molar-refractivity contribution is 0.0951. The highest BCUT2D eigenvalue weighted by atomic mass is 32.1. The highest BCUT2D eigenvalue weighted by Crippen LogP contribution is 2.41. The third-order valence-electron chi connectivity index (χ3n) is 7.49. The molecule has 2 aromatic carbocycles. The van der Waals surface area contributed by atoms with E-state index in [9.17, 15) is 9.59 Å². The van der Waals surface area contributed by atoms with Crippen LogP contribution in [0.15, 0.2) is 60.1 Å². The minimum Gasteiger partial charge on any atom is -0.495 e. The summed E-state index contributed by atoms with van der Waals surface area (Å²) >= 11 is 1.46. The fourth-order valence-electron chi connectivity index (χ4n) is 5.34. The van der Waals surface area contributed by atoms with Gasteiger partial charge in [0.2, 0.25) is 0 Å². The number of nitrogens with zero attached hydrogens (tertiary/aromatic N) is 2. The van der Waals surface area contributed by atoms with Crippen molar-refractivity contribution in [3.8, 4) is 16.9 Å². The number of rotatable bonds is 7. The Labute approximate surface area is 235 Å². The van der Waals surface area contributed by atoms with Crippen molar-refractivity contribution in [2.75, 3.05) is 31.2 Å². The average Bonchev–Trinajstić information content (AvgIpc) is 3.72. The Hall–Kier alpha value is -4.41. The molecule has 1 atom stereocenters. The van der Waals surface area contributed by atoms with E-state index in [2.05, 4.69) is 20.9 Å². The number of thiophene rings is 1. The van der Waals surface area contributed by atoms with E-state index in [0.29, 0.717) is 41.1 Å². The van der Waals surface area contributed by atoms with Crippen molar-refractivity contribution in [1.82, 2.24) is 20.2 Å². The molecule has 4 heterocycles. The monoisotopic (exact) mass is 554 g/mol. The van der Waals surface area contributed by atoms with Gasteiger partial charge in [0.15, 0.2) is 0 Å². The summed E-state index contributed by atoms with van der Waals surface area (Å²) in [5.74, 6) is 0.465. The number of hydrogen-bond acceptors (Lipinski definition) is 7. The summed E-state index contributed by atoms with van der Waals surface area (Å²) in [5, 5.41) is 13.1. The highest BCUT2D eigenvalue weighted by molar-refractivity contribution is 7.18. The summed E-state index contributed by atoms with van der Waals surface area (Å²) in [6, 6.07) is 15.6. The van der Waals surface area contributed by atoms with Gasteiger partial charge < -0.3 is 31.0 Å². The number of fused-ring (bicyclic) bond motifs is 2. The van der Waals surface area contributed by atoms with Crippen LogP contribution in [0.5, 0.6) is 5.75 Å². The van der Waals surface area contributed by atoms with E-state index in [-0.39, 0.29) is 11.8 Å². The molecule has 40 heavy (non-hydrogen) atoms. The molecule has 0 radical (unpaired) electrons. The summed E-state index contributed by atoms with van der Waals surface area (Å²) < 4.78 is 8.32. The van der Waals surface area contributed by atoms with E-state index >= 15 is 0 Å². The van der Waals surface area contributed by atoms with Crippen molar-refractivity contribution < 1.29 is 14.3 Å². The van der Waals surface area contributed by atoms with E-state index in [1.807, 2.05) is 65.5 Å². The van der Waals surface area contributed by atoms with E-state index < -0.39 is 0 Å². The van der Waals surface area contributed by atoms with Crippen LogP contribution < -0.4 is 26.4 Å². The van der Waals surface area contributed by atoms with Crippen molar-refractivity contribution >= 4 is 55.6 Å². The summed E-state index contributed by atoms with van der Waals surface area (Å²) in [5.41, 5.74) is 10.6. The van der Waals surface area contributed by atoms with Gasteiger partial charge in [-0.15, -0.1) is 11.3 Å². The Kier molecular flexibility index (Phi) is 6.87. The van der Waals surface area contributed by atoms with Gasteiger partial charge >= 0.3 is 0 Å². The molecule has 10 heteroatoms. The van der Waals surface area contributed by atoms with E-state index in [4.69, 9.17) is 10.5 Å². The number of carbonyl (C=O) groups is 2. The van der Waals surface area contributed by atoms with Gasteiger partial charge in [-0.05, 0) is 54.6 Å². The first kappa shape index (κ1) is 25.8. The lowest BCUT2D eigenvalue weighted by Gasteiger charge is -2.13. The predicted molar refractivity (Wildman–Crippen MR) is 160 cm³/mol. The molecule has 204 valence electrons. The third kappa shape index (κ3) is 4.65. The zero-order chi connectivity index (χ0) is 27.8. The zero-order valence-corrected chi connectivity index (χ0v) is 23.1. The fourth-order valence-corrected chi connectivity index (χ4v) is 6.43. The minimum absolute atomic E-state index is 0.163. The van der Waals surface area contributed by atoms with Crippen molar-refractivity contribution in [3.63, 3.8) is 0 Å². The number of methoxy groups -OCH3 is 1. The molecule has 0 spiro atoms. The van der Waals surface area contributed by atoms with Crippen molar-refractivity contribution in [2.24, 2.45) is 7.05 Å². The second-order valence-corrected chi connectivity index (χ2v) is 10.8. The van der Waals surface area contributed by atoms with E-state index in [1.165, 1.54) is 11.3 Å². The maximum atomic E-state index is 13.2. The number of pyridine rings is 1. The SMILES string of the molecule is COc1cc(-c2csc3c(C(=O)NCC4CCCN4)cnc(N)c23)ccc1NC(=O)c1cc2ccccc2n1C. The second kappa shape index (κ2) is 10.6. The Balaban J connectivity index is 1.28. The number of ether oxygens (including phenoxy) is 1. The molecule has 9 nitrogen and oxygen atoms in total. The summed E-state index contributed by atoms with van der Waals surface area (Å²) in [4.78, 5) is 30.6. The van der Waals surface area contributed by atoms with Gasteiger partial charge in [0.05, 0.1) is 23.1 Å². The van der Waals surface area contributed by atoms with Crippen LogP contribution in [0.25, 0.3) is 32.1 Å². The molecule has 1 aliphatic heterocycles. The van der Waals surface area contributed by atoms with Crippen LogP contribution in [-0.2, 0) is 7.05 Å². The molecule has 1 saturated heterocycles. The molecule has 1 fully saturated rings. The van der Waals surface area contributed by atoms with Crippen molar-refractivity contribution in [3.05, 3.63) is 71.4 Å². The smallest absolute Gasteiger partial charge is 0.272 e. The first-order valence-electron chi connectivity index (χ1n) is 13.2. The van der Waals surface area contributed by atoms with Gasteiger partial charge in [-0.1, -0.05) is 24.3 Å². The Morgan fingerprint density at radius 3 is 2.83 bits per heavy atom. The van der Waals surface area contributed by atoms with Gasteiger partial charge in [-0.3, -0.25) is 9.59 Å². The van der Waals surface area contributed by atoms with E-state index in [0.717, 1.165) is 51.5 Å². The quantitative estimate of drug-likeness (QED) is 0.230. The zero-order valence-electron chi connectivity index (χ0n) is 22.3. The van der Waals surface area contributed by atoms with Crippen LogP contribution in [0.1, 0.15) is 33.7 Å². The molecule has 0 aliphatic carbocycles. The Morgan fingerprint density at radius 1 is 1.20 bits per heavy atom. The number of para-hydroxylation sites is 1. The molecular formula is C30H30N6O3S. The first-order valence-corrected chi connectivity index (χ1v) is 14.0. The molecule has 6 rings (SSSR count). The van der Waals surface area contributed by atoms with Crippen LogP contribution in [0.4, 0.5) is 11.5 Å². The number of hydrogen-bond donors (Lipinski definition) is 4. The second-order valence-electron chi connectivity index (χ2n) is 9.93. The maximum absolute atomic E-state index is 13.2. The van der Waals surface area contributed by atoms with Crippen molar-refractivity contribution in [1.29, 1.82) is 0 Å². The third-order valence-corrected chi connectivity index (χ3v) is 8.50. The van der Waals surface area contributed by atoms with Crippen LogP contribution in [-0.4, -0.2) is 47.6 Å². The average molecular weight is 555 g/mol. The predicted octanol–water partition coefficient (Wildman–Crippen LogP) is 4.78. The topological polar surface area (TPSA) is 123 Å². The highest BCUT2D eigenvalue weighted by Gasteiger charge is 2.21. The first-order chi connectivity index (χ1) is 19.4. The number of nitrogen functional groups attached to an aromatic ring is 1. The molecule has 2 amide bonds. The van der Waals surface area contributed by atoms with E-state index in [1.54, 1.807) is 13.3 Å². The molecule has 0 bridgehead atoms. The number of aryl methyl sites for hydroxylation is 1. The standard InChI is InChI=1S/C30H30N6O3S/c1-36-23-8-4-3-6-18(23)12-24(36)30(38)35-22-10-9-17(13-25(22)39-2)21-16-40-27-20(15-33-28(31)26(21)27)29(37)34-14-19-7-5-11-32-19/h3-4,6,8-10,12-13,15-16,19,32H,5,7,11,14H2,1-2H3,(H2,31,33)(H,34,37)(H,35,38). The van der Waals surface area contributed by atoms with Crippen LogP contribution >= 0.6 is 11.3 Å². The number of aromatic nitrogens is 2. The lowest BCUT2D eigenvalue weighted by Crippen LogP contribution is -2.37. The normalized spacial score (nSPS) is 15.0. The van der Waals surface area contributed by atoms with Crippen molar-refractivity contribution in [2.45, 2.75) is 18.9 Å². The number of nitrogens with two attached hydrogens (primary N) is 1. The molecular weight excluding hydrogens is 524 g/mol. The van der Waals surface area contributed by atoms with Gasteiger partial charge in [-0.2, -0.15) is 0 Å². The molecule has 0 saturated carbocycles. The number of amides is 2. The number of nitrogens with one attached hydrogen (secondary N) is 3. The van der Waals surface area contributed by atoms with Gasteiger partial charge in [-0.25, -0.2) is 4.98 Å². The van der Waals surface area contributed by atoms with Crippen LogP contribution in [0, 0.1) is 0 Å². The minimum atomic E-state index is -0.234. The van der Waals surface area contributed by atoms with Gasteiger partial charge in [0.25, 0.3) is 11.8 Å². The molecule has 1 aliphatic rings. The summed E-state index contributed by atoms with van der Waals surface area (Å²) in [6.45, 7) is 1.56. The van der Waals surface area contributed by atoms with Gasteiger partial charge in [0, 0.05) is 47.7 Å². The lowest BCUT2D eigenvalue weighted by atomic mass is 10.0. The summed E-state index contributed by atoms with van der Waals surface area (Å²) in [7, 11) is 3.44. The number of anilines is 2. The maximum Gasteiger partial charge on any atom is 0.272 e. The van der Waals surface area contributed by atoms with Crippen LogP contribution in [0.2, 0.25) is 0 Å². The Morgan fingerprint density at radius 2 is 2.05 bits per heavy atom. The number of carbonyl (C=O) groups excluding carboxylic acids is 2. The molecule has 1 unspecified atom stereocenters. The van der Waals surface area contributed by atoms with Crippen LogP contribution in [0.3, 0.4) is 0 Å². The molecule has 3 aromatic heterocycles. The Bertz CT molecular complexity index is 1750. The number of benzene rings is 2.